The van der Waals surface area contributed by atoms with Crippen LogP contribution in [-0.2, 0) is 4.74 Å². The van der Waals surface area contributed by atoms with Crippen LogP contribution in [-0.4, -0.2) is 40.8 Å². The second-order valence-electron chi connectivity index (χ2n) is 4.03. The molecule has 2 heterocycles. The van der Waals surface area contributed by atoms with Gasteiger partial charge in [0.25, 0.3) is 0 Å². The van der Waals surface area contributed by atoms with Crippen LogP contribution in [0.2, 0.25) is 0 Å². The van der Waals surface area contributed by atoms with Crippen molar-refractivity contribution in [1.82, 2.24) is 13.5 Å². The number of hydrogen-bond donors (Lipinski definition) is 1. The van der Waals surface area contributed by atoms with E-state index >= 15 is 0 Å². The van der Waals surface area contributed by atoms with E-state index in [0.717, 1.165) is 4.26 Å². The van der Waals surface area contributed by atoms with Crippen molar-refractivity contribution in [2.24, 2.45) is 0 Å². The summed E-state index contributed by atoms with van der Waals surface area (Å²) in [7, 11) is 0. The van der Waals surface area contributed by atoms with Gasteiger partial charge in [0, 0.05) is 0 Å². The number of aromatic amines is 1. The second kappa shape index (κ2) is 5.11. The first-order chi connectivity index (χ1) is 9.70. The van der Waals surface area contributed by atoms with Crippen LogP contribution in [0.1, 0.15) is 17.4 Å². The molecule has 0 saturated carbocycles. The van der Waals surface area contributed by atoms with Crippen molar-refractivity contribution in [1.29, 1.82) is 0 Å². The predicted molar refractivity (Wildman–Crippen MR) is 74.6 cm³/mol. The molecule has 0 radical (unpaired) electrons. The minimum absolute atomic E-state index is 0.0923. The third-order valence-electron chi connectivity index (χ3n) is 2.74. The Morgan fingerprint density at radius 1 is 1.45 bits per heavy atom. The predicted octanol–water partition coefficient (Wildman–Crippen LogP) is 0.948. The Bertz CT molecular complexity index is 831. The summed E-state index contributed by atoms with van der Waals surface area (Å²) in [5.74, 6) is -0.0860. The molecule has 1 N–H and O–H groups in total. The van der Waals surface area contributed by atoms with Gasteiger partial charge in [0.1, 0.15) is 0 Å². The molecule has 0 unspecified atom stereocenters. The van der Waals surface area contributed by atoms with E-state index in [4.69, 9.17) is 4.74 Å². The number of aromatic nitrogens is 3. The first kappa shape index (κ1) is 12.9. The van der Waals surface area contributed by atoms with Crippen LogP contribution in [0.25, 0.3) is 15.6 Å². The molecule has 3 rings (SSSR count). The van der Waals surface area contributed by atoms with E-state index in [-0.39, 0.29) is 26.0 Å². The Hall–Kier alpha value is -2.11. The number of ether oxygens (including phenoxy) is 1. The topological polar surface area (TPSA) is 77.0 Å². The fraction of sp³-hybridized carbons (Fsp3) is 0.154. The van der Waals surface area contributed by atoms with Crippen LogP contribution in [0, 0.1) is 0 Å². The molecule has 0 bridgehead atoms. The van der Waals surface area contributed by atoms with Gasteiger partial charge in [-0.1, -0.05) is 0 Å². The standard InChI is InChI=1S/C13H11N3O3Se/c1-2-19-12(18)9-7-14-13(15-9)16-11(17)8-5-3-4-6-10(8)20-16/h3-7H,2H2,1H3,(H,14,15). The number of carbonyl (C=O) groups is 1. The van der Waals surface area contributed by atoms with Crippen LogP contribution in [0.15, 0.2) is 35.3 Å². The molecule has 0 aliphatic rings. The number of nitrogens with zero attached hydrogens (tertiary/aromatic N) is 2. The molecule has 0 spiro atoms. The van der Waals surface area contributed by atoms with Gasteiger partial charge in [-0.3, -0.25) is 0 Å². The Balaban J connectivity index is 2.06. The number of benzene rings is 1. The number of H-pyrrole nitrogens is 1. The van der Waals surface area contributed by atoms with Gasteiger partial charge >= 0.3 is 119 Å². The number of esters is 1. The number of imidazole rings is 1. The third kappa shape index (κ3) is 2.11. The summed E-state index contributed by atoms with van der Waals surface area (Å²) >= 11 is -0.169. The molecule has 0 aliphatic heterocycles. The maximum atomic E-state index is 12.3. The maximum absolute atomic E-state index is 12.3. The first-order valence-corrected chi connectivity index (χ1v) is 7.66. The summed E-state index contributed by atoms with van der Waals surface area (Å²) in [6.45, 7) is 2.03. The van der Waals surface area contributed by atoms with Gasteiger partial charge in [0.2, 0.25) is 0 Å². The van der Waals surface area contributed by atoms with E-state index in [1.807, 2.05) is 18.2 Å². The average molecular weight is 336 g/mol. The zero-order valence-corrected chi connectivity index (χ0v) is 12.3. The van der Waals surface area contributed by atoms with Gasteiger partial charge in [-0.2, -0.15) is 0 Å². The number of nitrogens with one attached hydrogen (secondary N) is 1. The van der Waals surface area contributed by atoms with Crippen molar-refractivity contribution in [2.75, 3.05) is 6.61 Å². The van der Waals surface area contributed by atoms with Gasteiger partial charge in [0.15, 0.2) is 0 Å². The second-order valence-corrected chi connectivity index (χ2v) is 6.10. The third-order valence-corrected chi connectivity index (χ3v) is 5.00. The molecular weight excluding hydrogens is 325 g/mol. The van der Waals surface area contributed by atoms with E-state index in [2.05, 4.69) is 9.97 Å². The summed E-state index contributed by atoms with van der Waals surface area (Å²) < 4.78 is 7.47. The molecule has 3 aromatic rings. The monoisotopic (exact) mass is 337 g/mol. The molecule has 7 heteroatoms. The van der Waals surface area contributed by atoms with Crippen molar-refractivity contribution >= 4 is 30.3 Å². The Labute approximate surface area is 120 Å². The van der Waals surface area contributed by atoms with E-state index in [0.29, 0.717) is 17.9 Å². The molecule has 0 atom stereocenters. The Kier molecular flexibility index (Phi) is 3.30. The van der Waals surface area contributed by atoms with E-state index in [1.54, 1.807) is 16.6 Å². The summed E-state index contributed by atoms with van der Waals surface area (Å²) in [6, 6.07) is 7.48. The number of fused-ring (bicyclic) bond motifs is 1. The molecule has 102 valence electrons. The molecule has 6 nitrogen and oxygen atoms in total. The molecule has 20 heavy (non-hydrogen) atoms. The average Bonchev–Trinajstić information content (AvgIpc) is 3.05. The van der Waals surface area contributed by atoms with Crippen molar-refractivity contribution in [2.45, 2.75) is 6.92 Å². The van der Waals surface area contributed by atoms with Gasteiger partial charge in [0.05, 0.1) is 0 Å². The molecule has 0 saturated heterocycles. The van der Waals surface area contributed by atoms with E-state index in [9.17, 15) is 9.59 Å². The fourth-order valence-electron chi connectivity index (χ4n) is 1.84. The summed E-state index contributed by atoms with van der Waals surface area (Å²) in [6.07, 6.45) is 1.39. The number of hydrogen-bond acceptors (Lipinski definition) is 4. The zero-order valence-electron chi connectivity index (χ0n) is 10.6. The Morgan fingerprint density at radius 2 is 2.25 bits per heavy atom. The van der Waals surface area contributed by atoms with Crippen LogP contribution in [0.3, 0.4) is 0 Å². The number of carbonyl (C=O) groups excluding carboxylic acids is 1. The normalized spacial score (nSPS) is 10.8. The van der Waals surface area contributed by atoms with Gasteiger partial charge < -0.3 is 0 Å². The molecule has 0 fully saturated rings. The van der Waals surface area contributed by atoms with Crippen molar-refractivity contribution < 1.29 is 9.53 Å². The SMILES string of the molecule is CCOC(=O)c1cnc(-n2[se]c3ccccc3c2=O)[nH]1. The number of rotatable bonds is 3. The molecule has 0 aliphatic carbocycles. The minimum atomic E-state index is -0.470. The van der Waals surface area contributed by atoms with Crippen molar-refractivity contribution in [3.8, 4) is 5.95 Å². The molecule has 1 aromatic carbocycles. The zero-order chi connectivity index (χ0) is 14.1. The van der Waals surface area contributed by atoms with Crippen molar-refractivity contribution in [3.63, 3.8) is 0 Å². The van der Waals surface area contributed by atoms with Gasteiger partial charge in [-0.25, -0.2) is 0 Å². The van der Waals surface area contributed by atoms with Crippen LogP contribution >= 0.6 is 0 Å². The quantitative estimate of drug-likeness (QED) is 0.571. The van der Waals surface area contributed by atoms with Crippen LogP contribution < -0.4 is 5.56 Å². The first-order valence-electron chi connectivity index (χ1n) is 6.04. The summed E-state index contributed by atoms with van der Waals surface area (Å²) in [4.78, 5) is 30.8. The molecular formula is C13H11N3O3Se. The van der Waals surface area contributed by atoms with E-state index in [1.165, 1.54) is 6.20 Å². The van der Waals surface area contributed by atoms with Crippen LogP contribution in [0.5, 0.6) is 0 Å². The summed E-state index contributed by atoms with van der Waals surface area (Å²) in [5.41, 5.74) is 0.159. The fourth-order valence-corrected chi connectivity index (χ4v) is 3.83. The van der Waals surface area contributed by atoms with Gasteiger partial charge in [-0.15, -0.1) is 0 Å². The molecule has 0 amide bonds. The molecule has 2 aromatic heterocycles. The van der Waals surface area contributed by atoms with E-state index < -0.39 is 5.97 Å². The van der Waals surface area contributed by atoms with Crippen molar-refractivity contribution in [3.05, 3.63) is 46.5 Å². The van der Waals surface area contributed by atoms with Gasteiger partial charge in [-0.05, 0) is 0 Å². The Morgan fingerprint density at radius 3 is 3.00 bits per heavy atom. The van der Waals surface area contributed by atoms with Crippen LogP contribution in [0.4, 0.5) is 0 Å². The summed E-state index contributed by atoms with van der Waals surface area (Å²) in [5, 5.41) is 0.696.